The lowest BCUT2D eigenvalue weighted by atomic mass is 10.3. The van der Waals surface area contributed by atoms with Crippen molar-refractivity contribution >= 4 is 15.7 Å². The van der Waals surface area contributed by atoms with Gasteiger partial charge in [-0.25, -0.2) is 8.42 Å². The van der Waals surface area contributed by atoms with Crippen LogP contribution in [0.1, 0.15) is 13.3 Å². The van der Waals surface area contributed by atoms with Gasteiger partial charge < -0.3 is 9.84 Å². The number of phenolic OH excluding ortho intramolecular Hbond substituents is 1. The van der Waals surface area contributed by atoms with Crippen molar-refractivity contribution in [2.45, 2.75) is 18.6 Å². The van der Waals surface area contributed by atoms with E-state index in [2.05, 4.69) is 4.72 Å². The molecule has 0 spiro atoms. The molecule has 98 valence electrons. The lowest BCUT2D eigenvalue weighted by molar-refractivity contribution is 0.411. The van der Waals surface area contributed by atoms with Crippen LogP contribution in [0.3, 0.4) is 0 Å². The molecular weight excluding hydrogens is 256 g/mol. The van der Waals surface area contributed by atoms with E-state index in [9.17, 15) is 13.5 Å². The van der Waals surface area contributed by atoms with Crippen molar-refractivity contribution in [3.8, 4) is 17.6 Å². The summed E-state index contributed by atoms with van der Waals surface area (Å²) in [5, 5.41) is 17.2. The van der Waals surface area contributed by atoms with E-state index in [1.54, 1.807) is 13.0 Å². The quantitative estimate of drug-likeness (QED) is 0.789. The first-order valence-corrected chi connectivity index (χ1v) is 6.78. The van der Waals surface area contributed by atoms with Crippen LogP contribution < -0.4 is 9.46 Å². The van der Waals surface area contributed by atoms with E-state index >= 15 is 0 Å². The van der Waals surface area contributed by atoms with Gasteiger partial charge in [-0.2, -0.15) is 5.26 Å². The number of aromatic hydroxyl groups is 1. The number of sulfonamides is 1. The van der Waals surface area contributed by atoms with Crippen molar-refractivity contribution in [1.29, 1.82) is 5.26 Å². The van der Waals surface area contributed by atoms with Gasteiger partial charge in [0.1, 0.15) is 17.2 Å². The van der Waals surface area contributed by atoms with Gasteiger partial charge in [0, 0.05) is 0 Å². The zero-order valence-corrected chi connectivity index (χ0v) is 10.9. The van der Waals surface area contributed by atoms with Crippen molar-refractivity contribution in [3.05, 3.63) is 18.2 Å². The number of benzene rings is 1. The van der Waals surface area contributed by atoms with E-state index < -0.39 is 15.3 Å². The highest BCUT2D eigenvalue weighted by atomic mass is 32.2. The second-order valence-corrected chi connectivity index (χ2v) is 5.39. The fourth-order valence-electron chi connectivity index (χ4n) is 1.39. The Morgan fingerprint density at radius 1 is 1.56 bits per heavy atom. The van der Waals surface area contributed by atoms with Crippen molar-refractivity contribution in [2.75, 3.05) is 11.8 Å². The molecule has 0 fully saturated rings. The number of nitriles is 1. The smallest absolute Gasteiger partial charge is 0.249 e. The van der Waals surface area contributed by atoms with Gasteiger partial charge in [-0.3, -0.25) is 4.72 Å². The SMILES string of the molecule is CCC(C#N)S(=O)(=O)Nc1c(O)cccc1OC. The summed E-state index contributed by atoms with van der Waals surface area (Å²) in [5.41, 5.74) is -0.0614. The van der Waals surface area contributed by atoms with Crippen LogP contribution in [-0.4, -0.2) is 25.9 Å². The predicted molar refractivity (Wildman–Crippen MR) is 66.9 cm³/mol. The Hall–Kier alpha value is -1.94. The predicted octanol–water partition coefficient (Wildman–Crippen LogP) is 1.44. The molecule has 0 aromatic heterocycles. The Labute approximate surface area is 106 Å². The standard InChI is InChI=1S/C11H14N2O4S/c1-3-8(7-12)18(15,16)13-11-9(14)5-4-6-10(11)17-2/h4-6,8,13-14H,3H2,1-2H3. The Morgan fingerprint density at radius 3 is 2.72 bits per heavy atom. The van der Waals surface area contributed by atoms with E-state index in [0.29, 0.717) is 0 Å². The third-order valence-electron chi connectivity index (χ3n) is 2.36. The number of phenols is 1. The van der Waals surface area contributed by atoms with Gasteiger partial charge in [-0.15, -0.1) is 0 Å². The minimum Gasteiger partial charge on any atom is -0.506 e. The molecule has 1 aromatic carbocycles. The van der Waals surface area contributed by atoms with Crippen molar-refractivity contribution in [2.24, 2.45) is 0 Å². The maximum atomic E-state index is 11.9. The molecule has 0 saturated heterocycles. The summed E-state index contributed by atoms with van der Waals surface area (Å²) in [4.78, 5) is 0. The number of rotatable bonds is 5. The molecule has 1 unspecified atom stereocenters. The summed E-state index contributed by atoms with van der Waals surface area (Å²) in [6.45, 7) is 1.59. The topological polar surface area (TPSA) is 99.4 Å². The van der Waals surface area contributed by atoms with E-state index in [1.165, 1.54) is 25.3 Å². The Balaban J connectivity index is 3.16. The normalized spacial score (nSPS) is 12.5. The molecule has 0 heterocycles. The lowest BCUT2D eigenvalue weighted by Crippen LogP contribution is -2.26. The molecule has 0 aliphatic carbocycles. The van der Waals surface area contributed by atoms with Crippen LogP contribution in [0.5, 0.6) is 11.5 Å². The van der Waals surface area contributed by atoms with Crippen molar-refractivity contribution in [1.82, 2.24) is 0 Å². The van der Waals surface area contributed by atoms with Crippen LogP contribution in [0.4, 0.5) is 5.69 Å². The van der Waals surface area contributed by atoms with Gasteiger partial charge in [0.2, 0.25) is 10.0 Å². The van der Waals surface area contributed by atoms with E-state index in [4.69, 9.17) is 10.00 Å². The molecule has 0 aliphatic heterocycles. The fourth-order valence-corrected chi connectivity index (χ4v) is 2.60. The highest BCUT2D eigenvalue weighted by Crippen LogP contribution is 2.34. The zero-order valence-electron chi connectivity index (χ0n) is 10.0. The Morgan fingerprint density at radius 2 is 2.22 bits per heavy atom. The van der Waals surface area contributed by atoms with Crippen LogP contribution in [0, 0.1) is 11.3 Å². The van der Waals surface area contributed by atoms with Crippen LogP contribution in [-0.2, 0) is 10.0 Å². The second-order valence-electron chi connectivity index (χ2n) is 3.53. The number of hydrogen-bond donors (Lipinski definition) is 2. The van der Waals surface area contributed by atoms with Crippen LogP contribution in [0.25, 0.3) is 0 Å². The number of nitrogens with one attached hydrogen (secondary N) is 1. The third kappa shape index (κ3) is 2.84. The van der Waals surface area contributed by atoms with Gasteiger partial charge in [0.25, 0.3) is 0 Å². The first-order chi connectivity index (χ1) is 8.46. The molecule has 1 rings (SSSR count). The zero-order chi connectivity index (χ0) is 13.8. The van der Waals surface area contributed by atoms with Gasteiger partial charge in [0.05, 0.1) is 13.2 Å². The first-order valence-electron chi connectivity index (χ1n) is 5.23. The lowest BCUT2D eigenvalue weighted by Gasteiger charge is -2.14. The maximum absolute atomic E-state index is 11.9. The molecule has 18 heavy (non-hydrogen) atoms. The van der Waals surface area contributed by atoms with Gasteiger partial charge >= 0.3 is 0 Å². The van der Waals surface area contributed by atoms with Gasteiger partial charge in [-0.05, 0) is 18.6 Å². The Bertz CT molecular complexity index is 563. The fraction of sp³-hybridized carbons (Fsp3) is 0.364. The maximum Gasteiger partial charge on any atom is 0.249 e. The van der Waals surface area contributed by atoms with E-state index in [0.717, 1.165) is 0 Å². The molecule has 0 amide bonds. The van der Waals surface area contributed by atoms with E-state index in [-0.39, 0.29) is 23.6 Å². The molecule has 0 aliphatic rings. The summed E-state index contributed by atoms with van der Waals surface area (Å²) in [5.74, 6) is -0.0721. The second kappa shape index (κ2) is 5.60. The van der Waals surface area contributed by atoms with E-state index in [1.807, 2.05) is 0 Å². The van der Waals surface area contributed by atoms with Crippen molar-refractivity contribution < 1.29 is 18.3 Å². The minimum absolute atomic E-state index is 0.0614. The highest BCUT2D eigenvalue weighted by molar-refractivity contribution is 7.93. The number of hydrogen-bond acceptors (Lipinski definition) is 5. The molecule has 1 aromatic rings. The summed E-state index contributed by atoms with van der Waals surface area (Å²) in [6, 6.07) is 6.05. The van der Waals surface area contributed by atoms with Crippen LogP contribution in [0.15, 0.2) is 18.2 Å². The molecule has 0 bridgehead atoms. The summed E-state index contributed by atoms with van der Waals surface area (Å²) >= 11 is 0. The molecule has 2 N–H and O–H groups in total. The van der Waals surface area contributed by atoms with Gasteiger partial charge in [0.15, 0.2) is 5.25 Å². The molecule has 0 radical (unpaired) electrons. The van der Waals surface area contributed by atoms with Gasteiger partial charge in [-0.1, -0.05) is 13.0 Å². The molecular formula is C11H14N2O4S. The molecule has 1 atom stereocenters. The van der Waals surface area contributed by atoms with Crippen LogP contribution in [0.2, 0.25) is 0 Å². The Kier molecular flexibility index (Phi) is 4.39. The summed E-state index contributed by atoms with van der Waals surface area (Å²) < 4.78 is 30.9. The van der Waals surface area contributed by atoms with Crippen molar-refractivity contribution in [3.63, 3.8) is 0 Å². The average molecular weight is 270 g/mol. The monoisotopic (exact) mass is 270 g/mol. The largest absolute Gasteiger partial charge is 0.506 e. The summed E-state index contributed by atoms with van der Waals surface area (Å²) in [6.07, 6.45) is 0.155. The molecule has 7 heteroatoms. The third-order valence-corrected chi connectivity index (χ3v) is 4.03. The number of anilines is 1. The molecule has 0 saturated carbocycles. The first kappa shape index (κ1) is 14.1. The molecule has 6 nitrogen and oxygen atoms in total. The average Bonchev–Trinajstić information content (AvgIpc) is 2.32. The van der Waals surface area contributed by atoms with Crippen LogP contribution >= 0.6 is 0 Å². The minimum atomic E-state index is -3.88. The number of ether oxygens (including phenoxy) is 1. The number of para-hydroxylation sites is 1. The summed E-state index contributed by atoms with van der Waals surface area (Å²) in [7, 11) is -2.53. The number of nitrogens with zero attached hydrogens (tertiary/aromatic N) is 1. The highest BCUT2D eigenvalue weighted by Gasteiger charge is 2.25. The number of methoxy groups -OCH3 is 1.